The number of fused-ring (bicyclic) bond motifs is 1. The van der Waals surface area contributed by atoms with E-state index in [4.69, 9.17) is 0 Å². The number of esters is 1. The van der Waals surface area contributed by atoms with E-state index >= 15 is 0 Å². The standard InChI is InChI=1S/C13H11NO3/c1-17-13(16)12(15)8-9-4-2-6-11-10(9)5-3-7-14-11/h2-7H,8H2,1H3. The number of hydrogen-bond acceptors (Lipinski definition) is 4. The highest BCUT2D eigenvalue weighted by Gasteiger charge is 2.15. The number of benzene rings is 1. The monoisotopic (exact) mass is 229 g/mol. The predicted molar refractivity (Wildman–Crippen MR) is 62.5 cm³/mol. The highest BCUT2D eigenvalue weighted by atomic mass is 16.5. The van der Waals surface area contributed by atoms with Crippen LogP contribution in [-0.2, 0) is 20.7 Å². The zero-order valence-corrected chi connectivity index (χ0v) is 9.34. The Morgan fingerprint density at radius 3 is 2.82 bits per heavy atom. The van der Waals surface area contributed by atoms with E-state index in [1.165, 1.54) is 7.11 Å². The summed E-state index contributed by atoms with van der Waals surface area (Å²) in [5, 5.41) is 0.882. The summed E-state index contributed by atoms with van der Waals surface area (Å²) in [4.78, 5) is 26.7. The van der Waals surface area contributed by atoms with Crippen molar-refractivity contribution in [2.75, 3.05) is 7.11 Å². The third-order valence-electron chi connectivity index (χ3n) is 2.50. The summed E-state index contributed by atoms with van der Waals surface area (Å²) < 4.78 is 4.39. The summed E-state index contributed by atoms with van der Waals surface area (Å²) in [6.45, 7) is 0. The number of carbonyl (C=O) groups is 2. The van der Waals surface area contributed by atoms with Gasteiger partial charge in [-0.15, -0.1) is 0 Å². The molecule has 2 aromatic rings. The van der Waals surface area contributed by atoms with Crippen molar-refractivity contribution in [2.24, 2.45) is 0 Å². The van der Waals surface area contributed by atoms with E-state index in [-0.39, 0.29) is 6.42 Å². The highest BCUT2D eigenvalue weighted by Crippen LogP contribution is 2.17. The van der Waals surface area contributed by atoms with Crippen molar-refractivity contribution < 1.29 is 14.3 Å². The zero-order valence-electron chi connectivity index (χ0n) is 9.34. The van der Waals surface area contributed by atoms with Crippen LogP contribution in [0.15, 0.2) is 36.5 Å². The summed E-state index contributed by atoms with van der Waals surface area (Å²) >= 11 is 0. The minimum atomic E-state index is -0.814. The van der Waals surface area contributed by atoms with Crippen LogP contribution in [-0.4, -0.2) is 23.8 Å². The van der Waals surface area contributed by atoms with Gasteiger partial charge in [0.05, 0.1) is 12.6 Å². The smallest absolute Gasteiger partial charge is 0.374 e. The molecule has 0 aliphatic rings. The third-order valence-corrected chi connectivity index (χ3v) is 2.50. The summed E-state index contributed by atoms with van der Waals surface area (Å²) in [6.07, 6.45) is 1.73. The molecular weight excluding hydrogens is 218 g/mol. The third kappa shape index (κ3) is 2.30. The van der Waals surface area contributed by atoms with E-state index in [0.717, 1.165) is 16.5 Å². The molecule has 0 bridgehead atoms. The molecule has 0 N–H and O–H groups in total. The number of aromatic nitrogens is 1. The number of rotatable bonds is 3. The summed E-state index contributed by atoms with van der Waals surface area (Å²) in [5.74, 6) is -1.37. The van der Waals surface area contributed by atoms with Gasteiger partial charge in [-0.05, 0) is 17.7 Å². The van der Waals surface area contributed by atoms with Crippen LogP contribution in [0, 0.1) is 0 Å². The van der Waals surface area contributed by atoms with Gasteiger partial charge in [0.2, 0.25) is 5.78 Å². The molecule has 4 nitrogen and oxygen atoms in total. The average Bonchev–Trinajstić information content (AvgIpc) is 2.38. The van der Waals surface area contributed by atoms with Crippen molar-refractivity contribution in [3.05, 3.63) is 42.1 Å². The Bertz CT molecular complexity index is 572. The normalized spacial score (nSPS) is 10.2. The molecule has 0 aliphatic heterocycles. The van der Waals surface area contributed by atoms with E-state index < -0.39 is 11.8 Å². The molecular formula is C13H11NO3. The Morgan fingerprint density at radius 1 is 1.24 bits per heavy atom. The summed E-state index contributed by atoms with van der Waals surface area (Å²) in [5.41, 5.74) is 1.59. The lowest BCUT2D eigenvalue weighted by molar-refractivity contribution is -0.151. The highest BCUT2D eigenvalue weighted by molar-refractivity contribution is 6.34. The lowest BCUT2D eigenvalue weighted by atomic mass is 10.0. The molecule has 0 aliphatic carbocycles. The van der Waals surface area contributed by atoms with Crippen molar-refractivity contribution in [1.29, 1.82) is 0 Å². The minimum absolute atomic E-state index is 0.0374. The molecule has 2 rings (SSSR count). The number of methoxy groups -OCH3 is 1. The molecule has 86 valence electrons. The Morgan fingerprint density at radius 2 is 2.06 bits per heavy atom. The van der Waals surface area contributed by atoms with Gasteiger partial charge in [0.15, 0.2) is 0 Å². The van der Waals surface area contributed by atoms with Crippen LogP contribution in [0.5, 0.6) is 0 Å². The van der Waals surface area contributed by atoms with Gasteiger partial charge in [0.1, 0.15) is 0 Å². The second-order valence-electron chi connectivity index (χ2n) is 3.58. The van der Waals surface area contributed by atoms with Crippen molar-refractivity contribution in [2.45, 2.75) is 6.42 Å². The molecule has 1 aromatic heterocycles. The van der Waals surface area contributed by atoms with Gasteiger partial charge in [-0.1, -0.05) is 18.2 Å². The van der Waals surface area contributed by atoms with E-state index in [1.54, 1.807) is 12.3 Å². The van der Waals surface area contributed by atoms with Crippen LogP contribution >= 0.6 is 0 Å². The maximum absolute atomic E-state index is 11.5. The number of carbonyl (C=O) groups excluding carboxylic acids is 2. The Balaban J connectivity index is 2.36. The SMILES string of the molecule is COC(=O)C(=O)Cc1cccc2ncccc12. The van der Waals surface area contributed by atoms with E-state index in [1.807, 2.05) is 24.3 Å². The number of ketones is 1. The van der Waals surface area contributed by atoms with Gasteiger partial charge in [-0.25, -0.2) is 4.79 Å². The molecule has 0 radical (unpaired) electrons. The summed E-state index contributed by atoms with van der Waals surface area (Å²) in [6, 6.07) is 9.16. The molecule has 0 atom stereocenters. The van der Waals surface area contributed by atoms with Crippen LogP contribution in [0.25, 0.3) is 10.9 Å². The molecule has 0 saturated heterocycles. The average molecular weight is 229 g/mol. The first-order valence-electron chi connectivity index (χ1n) is 5.16. The Labute approximate surface area is 98.2 Å². The maximum atomic E-state index is 11.5. The number of Topliss-reactive ketones (excluding diaryl/α,β-unsaturated/α-hetero) is 1. The van der Waals surface area contributed by atoms with E-state index in [0.29, 0.717) is 0 Å². The van der Waals surface area contributed by atoms with Crippen LogP contribution in [0.3, 0.4) is 0 Å². The predicted octanol–water partition coefficient (Wildman–Crippen LogP) is 1.52. The van der Waals surface area contributed by atoms with Crippen molar-refractivity contribution in [1.82, 2.24) is 4.98 Å². The first kappa shape index (κ1) is 11.3. The van der Waals surface area contributed by atoms with Crippen LogP contribution in [0.2, 0.25) is 0 Å². The number of ether oxygens (including phenoxy) is 1. The second kappa shape index (κ2) is 4.74. The largest absolute Gasteiger partial charge is 0.463 e. The first-order chi connectivity index (χ1) is 8.22. The van der Waals surface area contributed by atoms with Gasteiger partial charge in [0, 0.05) is 18.0 Å². The fraction of sp³-hybridized carbons (Fsp3) is 0.154. The van der Waals surface area contributed by atoms with Gasteiger partial charge in [-0.2, -0.15) is 0 Å². The molecule has 4 heteroatoms. The number of nitrogens with zero attached hydrogens (tertiary/aromatic N) is 1. The second-order valence-corrected chi connectivity index (χ2v) is 3.58. The van der Waals surface area contributed by atoms with Crippen LogP contribution < -0.4 is 0 Å². The van der Waals surface area contributed by atoms with Gasteiger partial charge in [0.25, 0.3) is 0 Å². The lowest BCUT2D eigenvalue weighted by Gasteiger charge is -2.04. The lowest BCUT2D eigenvalue weighted by Crippen LogP contribution is -2.17. The number of pyridine rings is 1. The first-order valence-corrected chi connectivity index (χ1v) is 5.16. The molecule has 0 spiro atoms. The summed E-state index contributed by atoms with van der Waals surface area (Å²) in [7, 11) is 1.20. The van der Waals surface area contributed by atoms with Gasteiger partial charge >= 0.3 is 5.97 Å². The fourth-order valence-corrected chi connectivity index (χ4v) is 1.68. The molecule has 1 heterocycles. The van der Waals surface area contributed by atoms with Crippen LogP contribution in [0.1, 0.15) is 5.56 Å². The van der Waals surface area contributed by atoms with E-state index in [2.05, 4.69) is 9.72 Å². The van der Waals surface area contributed by atoms with Crippen molar-refractivity contribution in [3.63, 3.8) is 0 Å². The van der Waals surface area contributed by atoms with E-state index in [9.17, 15) is 9.59 Å². The topological polar surface area (TPSA) is 56.3 Å². The molecule has 0 saturated carbocycles. The number of hydrogen-bond donors (Lipinski definition) is 0. The van der Waals surface area contributed by atoms with Gasteiger partial charge in [-0.3, -0.25) is 9.78 Å². The fourth-order valence-electron chi connectivity index (χ4n) is 1.68. The van der Waals surface area contributed by atoms with Crippen molar-refractivity contribution >= 4 is 22.7 Å². The maximum Gasteiger partial charge on any atom is 0.374 e. The molecule has 1 aromatic carbocycles. The molecule has 0 unspecified atom stereocenters. The molecule has 0 fully saturated rings. The van der Waals surface area contributed by atoms with Crippen molar-refractivity contribution in [3.8, 4) is 0 Å². The zero-order chi connectivity index (χ0) is 12.3. The molecule has 0 amide bonds. The van der Waals surface area contributed by atoms with Crippen LogP contribution in [0.4, 0.5) is 0 Å². The minimum Gasteiger partial charge on any atom is -0.463 e. The Hall–Kier alpha value is -2.23. The quantitative estimate of drug-likeness (QED) is 0.591. The molecule has 17 heavy (non-hydrogen) atoms. The Kier molecular flexibility index (Phi) is 3.14. The van der Waals surface area contributed by atoms with Gasteiger partial charge < -0.3 is 4.74 Å².